The fourth-order valence-corrected chi connectivity index (χ4v) is 4.49. The van der Waals surface area contributed by atoms with Crippen molar-refractivity contribution in [3.8, 4) is 5.75 Å². The van der Waals surface area contributed by atoms with Crippen LogP contribution in [0, 0.1) is 0 Å². The van der Waals surface area contributed by atoms with E-state index in [1.807, 2.05) is 0 Å². The second-order valence-electron chi connectivity index (χ2n) is 7.81. The minimum absolute atomic E-state index is 0.0662. The van der Waals surface area contributed by atoms with Crippen molar-refractivity contribution >= 4 is 41.0 Å². The smallest absolute Gasteiger partial charge is 0.335 e. The molecule has 180 valence electrons. The van der Waals surface area contributed by atoms with E-state index in [0.29, 0.717) is 38.0 Å². The number of aromatic carboxylic acids is 1. The molecule has 0 unspecified atom stereocenters. The Morgan fingerprint density at radius 2 is 1.86 bits per heavy atom. The number of nitrogens with one attached hydrogen (secondary N) is 2. The maximum absolute atomic E-state index is 13.4. The van der Waals surface area contributed by atoms with Crippen molar-refractivity contribution in [3.05, 3.63) is 98.5 Å². The van der Waals surface area contributed by atoms with Crippen molar-refractivity contribution < 1.29 is 29.1 Å². The summed E-state index contributed by atoms with van der Waals surface area (Å²) in [5.74, 6) is -2.41. The van der Waals surface area contributed by atoms with Crippen LogP contribution in [0.2, 0.25) is 10.0 Å². The summed E-state index contributed by atoms with van der Waals surface area (Å²) in [7, 11) is 1.49. The molecule has 8 nitrogen and oxygen atoms in total. The lowest BCUT2D eigenvalue weighted by Gasteiger charge is -2.34. The molecule has 1 heterocycles. The van der Waals surface area contributed by atoms with Gasteiger partial charge in [0.2, 0.25) is 0 Å². The van der Waals surface area contributed by atoms with Crippen LogP contribution in [-0.2, 0) is 16.2 Å². The first-order valence-corrected chi connectivity index (χ1v) is 11.2. The van der Waals surface area contributed by atoms with Gasteiger partial charge in [0, 0.05) is 15.6 Å². The number of rotatable bonds is 7. The Balaban J connectivity index is 1.64. The Morgan fingerprint density at radius 1 is 1.06 bits per heavy atom. The number of fused-ring (bicyclic) bond motifs is 1. The molecular formula is C25H20Cl2N2O6. The molecule has 0 saturated heterocycles. The molecule has 0 radical (unpaired) electrons. The zero-order chi connectivity index (χ0) is 25.1. The minimum atomic E-state index is -1.07. The van der Waals surface area contributed by atoms with Crippen molar-refractivity contribution in [2.24, 2.45) is 0 Å². The number of ether oxygens (including phenoxy) is 1. The van der Waals surface area contributed by atoms with Gasteiger partial charge >= 0.3 is 5.97 Å². The monoisotopic (exact) mass is 514 g/mol. The van der Waals surface area contributed by atoms with Gasteiger partial charge in [0.1, 0.15) is 5.75 Å². The third-order valence-electron chi connectivity index (χ3n) is 5.62. The van der Waals surface area contributed by atoms with E-state index < -0.39 is 23.8 Å². The van der Waals surface area contributed by atoms with Gasteiger partial charge in [-0.05, 0) is 59.2 Å². The molecule has 0 aromatic heterocycles. The van der Waals surface area contributed by atoms with Crippen LogP contribution in [0.4, 0.5) is 0 Å². The van der Waals surface area contributed by atoms with Crippen LogP contribution in [0.3, 0.4) is 0 Å². The van der Waals surface area contributed by atoms with E-state index >= 15 is 0 Å². The Morgan fingerprint density at radius 3 is 2.57 bits per heavy atom. The highest BCUT2D eigenvalue weighted by atomic mass is 35.5. The van der Waals surface area contributed by atoms with Gasteiger partial charge in [-0.3, -0.25) is 14.4 Å². The first kappa shape index (κ1) is 24.5. The van der Waals surface area contributed by atoms with E-state index in [0.717, 1.165) is 0 Å². The third-order valence-corrected chi connectivity index (χ3v) is 6.19. The third kappa shape index (κ3) is 5.24. The number of amides is 2. The molecule has 4 rings (SSSR count). The Bertz CT molecular complexity index is 1310. The molecular weight excluding hydrogens is 495 g/mol. The summed E-state index contributed by atoms with van der Waals surface area (Å²) in [4.78, 5) is 42.9. The number of halogens is 2. The highest BCUT2D eigenvalue weighted by molar-refractivity contribution is 6.35. The average molecular weight is 515 g/mol. The fourth-order valence-electron chi connectivity index (χ4n) is 3.97. The molecule has 1 aliphatic heterocycles. The zero-order valence-electron chi connectivity index (χ0n) is 18.4. The maximum atomic E-state index is 13.4. The molecule has 3 N–H and O–H groups in total. The van der Waals surface area contributed by atoms with Crippen LogP contribution in [0.15, 0.2) is 60.7 Å². The van der Waals surface area contributed by atoms with Crippen LogP contribution in [-0.4, -0.2) is 30.0 Å². The van der Waals surface area contributed by atoms with Crippen molar-refractivity contribution in [2.45, 2.75) is 18.6 Å². The van der Waals surface area contributed by atoms with Gasteiger partial charge in [0.05, 0.1) is 31.2 Å². The van der Waals surface area contributed by atoms with Crippen molar-refractivity contribution in [3.63, 3.8) is 0 Å². The topological polar surface area (TPSA) is 114 Å². The number of methoxy groups -OCH3 is 1. The number of hydroxylamine groups is 1. The second kappa shape index (κ2) is 10.4. The first-order valence-electron chi connectivity index (χ1n) is 10.5. The summed E-state index contributed by atoms with van der Waals surface area (Å²) >= 11 is 12.5. The molecule has 10 heteroatoms. The number of carbonyl (C=O) groups excluding carboxylic acids is 2. The highest BCUT2D eigenvalue weighted by Crippen LogP contribution is 2.41. The molecule has 1 aliphatic rings. The molecule has 3 aromatic rings. The van der Waals surface area contributed by atoms with Crippen LogP contribution in [0.5, 0.6) is 5.75 Å². The molecule has 3 aromatic carbocycles. The van der Waals surface area contributed by atoms with E-state index in [1.165, 1.54) is 25.3 Å². The Hall–Kier alpha value is -3.59. The lowest BCUT2D eigenvalue weighted by molar-refractivity contribution is -0.137. The first-order chi connectivity index (χ1) is 16.8. The molecule has 0 aliphatic carbocycles. The minimum Gasteiger partial charge on any atom is -0.497 e. The maximum Gasteiger partial charge on any atom is 0.335 e. The largest absolute Gasteiger partial charge is 0.497 e. The Kier molecular flexibility index (Phi) is 7.25. The highest BCUT2D eigenvalue weighted by Gasteiger charge is 2.40. The summed E-state index contributed by atoms with van der Waals surface area (Å²) in [5.41, 5.74) is 4.36. The van der Waals surface area contributed by atoms with Gasteiger partial charge in [-0.15, -0.1) is 0 Å². The fraction of sp³-hybridized carbons (Fsp3) is 0.160. The van der Waals surface area contributed by atoms with E-state index in [1.54, 1.807) is 42.5 Å². The van der Waals surface area contributed by atoms with Crippen LogP contribution in [0.25, 0.3) is 0 Å². The molecule has 0 spiro atoms. The van der Waals surface area contributed by atoms with E-state index in [9.17, 15) is 14.4 Å². The van der Waals surface area contributed by atoms with E-state index in [-0.39, 0.29) is 18.1 Å². The average Bonchev–Trinajstić information content (AvgIpc) is 2.83. The predicted molar refractivity (Wildman–Crippen MR) is 129 cm³/mol. The molecule has 0 bridgehead atoms. The number of carboxylic acids is 1. The SMILES string of the molecule is COc1ccc2c(c1)[C@@H](C(=O)NOCc1cccc(C(=O)O)c1)[C@H](c1ccc(Cl)cc1Cl)NC2=O. The summed E-state index contributed by atoms with van der Waals surface area (Å²) in [6.07, 6.45) is 0. The molecule has 0 fully saturated rings. The van der Waals surface area contributed by atoms with E-state index in [2.05, 4.69) is 10.8 Å². The predicted octanol–water partition coefficient (Wildman–Crippen LogP) is 4.52. The van der Waals surface area contributed by atoms with Gasteiger partial charge in [-0.25, -0.2) is 10.3 Å². The van der Waals surface area contributed by atoms with Gasteiger partial charge < -0.3 is 15.2 Å². The summed E-state index contributed by atoms with van der Waals surface area (Å²) in [6.45, 7) is -0.0662. The van der Waals surface area contributed by atoms with Crippen molar-refractivity contribution in [1.82, 2.24) is 10.8 Å². The van der Waals surface area contributed by atoms with Crippen molar-refractivity contribution in [1.29, 1.82) is 0 Å². The number of hydrogen-bond donors (Lipinski definition) is 3. The lowest BCUT2D eigenvalue weighted by atomic mass is 9.80. The molecule has 2 atom stereocenters. The van der Waals surface area contributed by atoms with Gasteiger partial charge in [-0.1, -0.05) is 41.4 Å². The van der Waals surface area contributed by atoms with Crippen LogP contribution < -0.4 is 15.5 Å². The summed E-state index contributed by atoms with van der Waals surface area (Å²) in [6, 6.07) is 15.0. The Labute approximate surface area is 210 Å². The van der Waals surface area contributed by atoms with Gasteiger partial charge in [-0.2, -0.15) is 0 Å². The molecule has 35 heavy (non-hydrogen) atoms. The quantitative estimate of drug-likeness (QED) is 0.399. The normalized spacial score (nSPS) is 16.7. The molecule has 2 amide bonds. The number of carboxylic acid groups (broad SMARTS) is 1. The molecule has 0 saturated carbocycles. The standard InChI is InChI=1S/C25H20Cl2N2O6/c1-34-16-6-8-17-19(11-16)21(22(28-23(17)30)18-7-5-15(26)10-20(18)27)24(31)29-35-12-13-3-2-4-14(9-13)25(32)33/h2-11,21-22H,12H2,1H3,(H,28,30)(H,29,31)(H,32,33)/t21-,22+/m1/s1. The summed E-state index contributed by atoms with van der Waals surface area (Å²) in [5, 5.41) is 12.7. The summed E-state index contributed by atoms with van der Waals surface area (Å²) < 4.78 is 5.31. The number of carbonyl (C=O) groups is 3. The van der Waals surface area contributed by atoms with Gasteiger partial charge in [0.15, 0.2) is 0 Å². The van der Waals surface area contributed by atoms with E-state index in [4.69, 9.17) is 37.9 Å². The van der Waals surface area contributed by atoms with Gasteiger partial charge in [0.25, 0.3) is 11.8 Å². The van der Waals surface area contributed by atoms with Crippen LogP contribution in [0.1, 0.15) is 49.4 Å². The van der Waals surface area contributed by atoms with Crippen LogP contribution >= 0.6 is 23.2 Å². The second-order valence-corrected chi connectivity index (χ2v) is 8.65. The van der Waals surface area contributed by atoms with Crippen molar-refractivity contribution in [2.75, 3.05) is 7.11 Å². The number of benzene rings is 3. The lowest BCUT2D eigenvalue weighted by Crippen LogP contribution is -2.44. The zero-order valence-corrected chi connectivity index (χ0v) is 19.9. The number of hydrogen-bond acceptors (Lipinski definition) is 5.